The third-order valence-corrected chi connectivity index (χ3v) is 3.68. The summed E-state index contributed by atoms with van der Waals surface area (Å²) in [6.07, 6.45) is 0. The molecule has 0 aliphatic rings. The minimum atomic E-state index is -1.03. The van der Waals surface area contributed by atoms with E-state index in [4.69, 9.17) is 9.84 Å². The first-order chi connectivity index (χ1) is 9.52. The van der Waals surface area contributed by atoms with Crippen molar-refractivity contribution in [3.05, 3.63) is 45.6 Å². The Labute approximate surface area is 119 Å². The van der Waals surface area contributed by atoms with Crippen molar-refractivity contribution >= 4 is 28.9 Å². The minimum Gasteiger partial charge on any atom is -0.495 e. The first-order valence-electron chi connectivity index (χ1n) is 5.79. The lowest BCUT2D eigenvalue weighted by atomic mass is 10.1. The number of carboxylic acid groups (broad SMARTS) is 1. The summed E-state index contributed by atoms with van der Waals surface area (Å²) in [4.78, 5) is 23.6. The molecule has 1 aromatic carbocycles. The fraction of sp³-hybridized carbons (Fsp3) is 0.143. The van der Waals surface area contributed by atoms with Crippen molar-refractivity contribution in [2.45, 2.75) is 6.92 Å². The second kappa shape index (κ2) is 5.75. The number of nitrogens with one attached hydrogen (secondary N) is 1. The van der Waals surface area contributed by atoms with Gasteiger partial charge in [0.15, 0.2) is 0 Å². The molecule has 1 heterocycles. The zero-order chi connectivity index (χ0) is 14.7. The van der Waals surface area contributed by atoms with E-state index in [-0.39, 0.29) is 11.5 Å². The van der Waals surface area contributed by atoms with Crippen molar-refractivity contribution in [2.75, 3.05) is 12.4 Å². The SMILES string of the molecule is COc1ccsc1C(=O)Nc1cc(C(=O)O)ccc1C. The standard InChI is InChI=1S/C14H13NO4S/c1-8-3-4-9(14(17)18)7-10(8)15-13(16)12-11(19-2)5-6-20-12/h3-7H,1-2H3,(H,15,16)(H,17,18). The monoisotopic (exact) mass is 291 g/mol. The molecule has 0 aliphatic heterocycles. The molecule has 2 aromatic rings. The molecule has 1 amide bonds. The fourth-order valence-electron chi connectivity index (χ4n) is 1.69. The number of methoxy groups -OCH3 is 1. The third-order valence-electron chi connectivity index (χ3n) is 2.79. The molecule has 0 fully saturated rings. The molecule has 2 N–H and O–H groups in total. The summed E-state index contributed by atoms with van der Waals surface area (Å²) in [5, 5.41) is 13.4. The highest BCUT2D eigenvalue weighted by molar-refractivity contribution is 7.12. The van der Waals surface area contributed by atoms with Gasteiger partial charge in [0, 0.05) is 5.69 Å². The van der Waals surface area contributed by atoms with Crippen LogP contribution in [0, 0.1) is 6.92 Å². The highest BCUT2D eigenvalue weighted by Crippen LogP contribution is 2.26. The highest BCUT2D eigenvalue weighted by atomic mass is 32.1. The van der Waals surface area contributed by atoms with E-state index in [0.717, 1.165) is 5.56 Å². The van der Waals surface area contributed by atoms with Gasteiger partial charge in [-0.3, -0.25) is 4.79 Å². The zero-order valence-corrected chi connectivity index (χ0v) is 11.8. The molecule has 0 aliphatic carbocycles. The molecule has 0 spiro atoms. The van der Waals surface area contributed by atoms with Gasteiger partial charge in [-0.25, -0.2) is 4.79 Å². The summed E-state index contributed by atoms with van der Waals surface area (Å²) < 4.78 is 5.09. The van der Waals surface area contributed by atoms with E-state index in [1.165, 1.54) is 30.6 Å². The molecule has 0 saturated carbocycles. The number of thiophene rings is 1. The van der Waals surface area contributed by atoms with Gasteiger partial charge in [0.05, 0.1) is 12.7 Å². The smallest absolute Gasteiger partial charge is 0.335 e. The van der Waals surface area contributed by atoms with Crippen LogP contribution in [0.15, 0.2) is 29.6 Å². The summed E-state index contributed by atoms with van der Waals surface area (Å²) in [7, 11) is 1.50. The summed E-state index contributed by atoms with van der Waals surface area (Å²) in [6, 6.07) is 6.31. The number of carbonyl (C=O) groups excluding carboxylic acids is 1. The number of benzene rings is 1. The predicted octanol–water partition coefficient (Wildman–Crippen LogP) is 3.02. The van der Waals surface area contributed by atoms with Crippen LogP contribution < -0.4 is 10.1 Å². The molecule has 0 saturated heterocycles. The van der Waals surface area contributed by atoms with Crippen molar-refractivity contribution in [2.24, 2.45) is 0 Å². The normalized spacial score (nSPS) is 10.1. The first-order valence-corrected chi connectivity index (χ1v) is 6.67. The summed E-state index contributed by atoms with van der Waals surface area (Å²) in [5.74, 6) is -0.851. The Morgan fingerprint density at radius 1 is 1.30 bits per heavy atom. The third kappa shape index (κ3) is 2.80. The lowest BCUT2D eigenvalue weighted by molar-refractivity contribution is 0.0696. The van der Waals surface area contributed by atoms with E-state index in [2.05, 4.69) is 5.32 Å². The average Bonchev–Trinajstić information content (AvgIpc) is 2.89. The maximum atomic E-state index is 12.2. The zero-order valence-electron chi connectivity index (χ0n) is 11.0. The molecule has 2 rings (SSSR count). The van der Waals surface area contributed by atoms with Crippen molar-refractivity contribution in [3.63, 3.8) is 0 Å². The van der Waals surface area contributed by atoms with E-state index in [9.17, 15) is 9.59 Å². The van der Waals surface area contributed by atoms with Crippen LogP contribution in [0.4, 0.5) is 5.69 Å². The van der Waals surface area contributed by atoms with E-state index in [0.29, 0.717) is 16.3 Å². The van der Waals surface area contributed by atoms with Crippen LogP contribution in [0.25, 0.3) is 0 Å². The summed E-state index contributed by atoms with van der Waals surface area (Å²) >= 11 is 1.26. The molecule has 0 atom stereocenters. The van der Waals surface area contributed by atoms with Crippen LogP contribution >= 0.6 is 11.3 Å². The molecule has 104 valence electrons. The molecule has 5 nitrogen and oxygen atoms in total. The Hall–Kier alpha value is -2.34. The Bertz CT molecular complexity index is 663. The van der Waals surface area contributed by atoms with E-state index >= 15 is 0 Å². The Kier molecular flexibility index (Phi) is 4.05. The van der Waals surface area contributed by atoms with Crippen molar-refractivity contribution in [1.29, 1.82) is 0 Å². The number of carbonyl (C=O) groups is 2. The number of hydrogen-bond acceptors (Lipinski definition) is 4. The van der Waals surface area contributed by atoms with Gasteiger partial charge in [-0.2, -0.15) is 0 Å². The fourth-order valence-corrected chi connectivity index (χ4v) is 2.45. The number of amides is 1. The second-order valence-electron chi connectivity index (χ2n) is 4.11. The number of anilines is 1. The second-order valence-corrected chi connectivity index (χ2v) is 5.02. The van der Waals surface area contributed by atoms with Gasteiger partial charge in [0.2, 0.25) is 0 Å². The first kappa shape index (κ1) is 14.1. The van der Waals surface area contributed by atoms with Crippen LogP contribution in [0.3, 0.4) is 0 Å². The number of ether oxygens (including phenoxy) is 1. The topological polar surface area (TPSA) is 75.6 Å². The molecular weight excluding hydrogens is 278 g/mol. The average molecular weight is 291 g/mol. The van der Waals surface area contributed by atoms with E-state index in [1.807, 2.05) is 0 Å². The molecule has 20 heavy (non-hydrogen) atoms. The molecular formula is C14H13NO4S. The van der Waals surface area contributed by atoms with Crippen LogP contribution in [0.1, 0.15) is 25.6 Å². The summed E-state index contributed by atoms with van der Waals surface area (Å²) in [5.41, 5.74) is 1.40. The lowest BCUT2D eigenvalue weighted by Crippen LogP contribution is -2.13. The number of aryl methyl sites for hydroxylation is 1. The van der Waals surface area contributed by atoms with Crippen molar-refractivity contribution in [3.8, 4) is 5.75 Å². The molecule has 0 bridgehead atoms. The number of carboxylic acids is 1. The molecule has 0 unspecified atom stereocenters. The number of hydrogen-bond donors (Lipinski definition) is 2. The largest absolute Gasteiger partial charge is 0.495 e. The van der Waals surface area contributed by atoms with Crippen LogP contribution in [-0.2, 0) is 0 Å². The Morgan fingerprint density at radius 2 is 2.05 bits per heavy atom. The molecule has 1 aromatic heterocycles. The summed E-state index contributed by atoms with van der Waals surface area (Å²) in [6.45, 7) is 1.80. The van der Waals surface area contributed by atoms with Gasteiger partial charge < -0.3 is 15.2 Å². The Morgan fingerprint density at radius 3 is 2.70 bits per heavy atom. The van der Waals surface area contributed by atoms with Crippen molar-refractivity contribution in [1.82, 2.24) is 0 Å². The van der Waals surface area contributed by atoms with Gasteiger partial charge in [0.25, 0.3) is 5.91 Å². The highest BCUT2D eigenvalue weighted by Gasteiger charge is 2.15. The predicted molar refractivity (Wildman–Crippen MR) is 77.0 cm³/mol. The molecule has 6 heteroatoms. The van der Waals surface area contributed by atoms with Crippen LogP contribution in [0.5, 0.6) is 5.75 Å². The van der Waals surface area contributed by atoms with Gasteiger partial charge in [-0.05, 0) is 36.1 Å². The van der Waals surface area contributed by atoms with Gasteiger partial charge in [-0.1, -0.05) is 6.07 Å². The van der Waals surface area contributed by atoms with Gasteiger partial charge in [0.1, 0.15) is 10.6 Å². The quantitative estimate of drug-likeness (QED) is 0.908. The van der Waals surface area contributed by atoms with E-state index in [1.54, 1.807) is 24.4 Å². The Balaban J connectivity index is 2.28. The maximum Gasteiger partial charge on any atom is 0.335 e. The van der Waals surface area contributed by atoms with Crippen molar-refractivity contribution < 1.29 is 19.4 Å². The minimum absolute atomic E-state index is 0.129. The van der Waals surface area contributed by atoms with E-state index < -0.39 is 5.97 Å². The number of rotatable bonds is 4. The molecule has 0 radical (unpaired) electrons. The number of aromatic carboxylic acids is 1. The lowest BCUT2D eigenvalue weighted by Gasteiger charge is -2.09. The van der Waals surface area contributed by atoms with Crippen LogP contribution in [0.2, 0.25) is 0 Å². The maximum absolute atomic E-state index is 12.2. The van der Waals surface area contributed by atoms with Gasteiger partial charge >= 0.3 is 5.97 Å². The van der Waals surface area contributed by atoms with Crippen LogP contribution in [-0.4, -0.2) is 24.1 Å². The van der Waals surface area contributed by atoms with Gasteiger partial charge in [-0.15, -0.1) is 11.3 Å².